The Morgan fingerprint density at radius 3 is 2.36 bits per heavy atom. The molecule has 0 bridgehead atoms. The Kier molecular flexibility index (Phi) is 7.03. The van der Waals surface area contributed by atoms with Crippen molar-refractivity contribution in [2.75, 3.05) is 19.7 Å². The number of carbonyl (C=O) groups is 2. The second kappa shape index (κ2) is 10.7. The average molecular weight is 483 g/mol. The molecule has 0 radical (unpaired) electrons. The van der Waals surface area contributed by atoms with Crippen molar-refractivity contribution in [2.45, 2.75) is 19.3 Å². The zero-order valence-electron chi connectivity index (χ0n) is 19.9. The van der Waals surface area contributed by atoms with Crippen molar-refractivity contribution in [2.24, 2.45) is 5.92 Å². The summed E-state index contributed by atoms with van der Waals surface area (Å²) < 4.78 is 18.8. The smallest absolute Gasteiger partial charge is 0.339 e. The lowest BCUT2D eigenvalue weighted by Gasteiger charge is -2.32. The normalized spacial score (nSPS) is 14.1. The lowest BCUT2D eigenvalue weighted by molar-refractivity contribution is -0.135. The van der Waals surface area contributed by atoms with E-state index in [0.717, 1.165) is 19.3 Å². The molecule has 0 saturated carbocycles. The zero-order valence-corrected chi connectivity index (χ0v) is 19.9. The summed E-state index contributed by atoms with van der Waals surface area (Å²) in [6.07, 6.45) is 2.89. The van der Waals surface area contributed by atoms with E-state index in [1.54, 1.807) is 29.2 Å². The van der Waals surface area contributed by atoms with Crippen LogP contribution in [-0.4, -0.2) is 41.5 Å². The molecule has 1 amide bonds. The van der Waals surface area contributed by atoms with Gasteiger partial charge in [-0.2, -0.15) is 0 Å². The summed E-state index contributed by atoms with van der Waals surface area (Å²) in [5.74, 6) is -0.559. The predicted octanol–water partition coefficient (Wildman–Crippen LogP) is 5.68. The molecule has 3 aromatic carbocycles. The lowest BCUT2D eigenvalue weighted by Crippen LogP contribution is -2.41. The van der Waals surface area contributed by atoms with Gasteiger partial charge in [0.2, 0.25) is 0 Å². The Hall–Kier alpha value is -4.06. The van der Waals surface area contributed by atoms with E-state index in [9.17, 15) is 14.0 Å². The third-order valence-corrected chi connectivity index (χ3v) is 6.74. The number of nitrogens with zero attached hydrogens (tertiary/aromatic N) is 2. The van der Waals surface area contributed by atoms with Crippen molar-refractivity contribution in [3.8, 4) is 11.3 Å². The highest BCUT2D eigenvalue weighted by Gasteiger charge is 2.24. The number of benzene rings is 3. The first-order chi connectivity index (χ1) is 17.6. The van der Waals surface area contributed by atoms with E-state index < -0.39 is 5.97 Å². The monoisotopic (exact) mass is 482 g/mol. The molecule has 0 aliphatic carbocycles. The average Bonchev–Trinajstić information content (AvgIpc) is 2.92. The number of rotatable bonds is 6. The van der Waals surface area contributed by atoms with E-state index in [2.05, 4.69) is 29.2 Å². The standard InChI is InChI=1S/C30H27FN2O3/c31-24-12-10-23(11-13-24)28-19-26(25-8-4-5-9-27(25)32-28)30(35)36-20-29(34)33-16-14-22(15-17-33)18-21-6-2-1-3-7-21/h1-13,19,22H,14-18,20H2. The molecule has 1 aliphatic heterocycles. The number of ether oxygens (including phenoxy) is 1. The number of amides is 1. The molecule has 36 heavy (non-hydrogen) atoms. The van der Waals surface area contributed by atoms with Crippen LogP contribution >= 0.6 is 0 Å². The fourth-order valence-electron chi connectivity index (χ4n) is 4.74. The lowest BCUT2D eigenvalue weighted by atomic mass is 9.90. The summed E-state index contributed by atoms with van der Waals surface area (Å²) in [6.45, 7) is 1.03. The summed E-state index contributed by atoms with van der Waals surface area (Å²) >= 11 is 0. The minimum Gasteiger partial charge on any atom is -0.452 e. The van der Waals surface area contributed by atoms with Crippen molar-refractivity contribution in [1.29, 1.82) is 0 Å². The highest BCUT2D eigenvalue weighted by atomic mass is 19.1. The molecule has 0 spiro atoms. The van der Waals surface area contributed by atoms with Crippen LogP contribution in [0.3, 0.4) is 0 Å². The van der Waals surface area contributed by atoms with Gasteiger partial charge in [0, 0.05) is 24.0 Å². The number of hydrogen-bond acceptors (Lipinski definition) is 4. The maximum atomic E-state index is 13.4. The molecule has 2 heterocycles. The van der Waals surface area contributed by atoms with Gasteiger partial charge in [0.1, 0.15) is 5.82 Å². The molecular weight excluding hydrogens is 455 g/mol. The van der Waals surface area contributed by atoms with E-state index >= 15 is 0 Å². The molecule has 4 aromatic rings. The Bertz CT molecular complexity index is 1360. The van der Waals surface area contributed by atoms with Gasteiger partial charge < -0.3 is 9.64 Å². The van der Waals surface area contributed by atoms with Crippen LogP contribution in [0.25, 0.3) is 22.2 Å². The van der Waals surface area contributed by atoms with Gasteiger partial charge in [0.25, 0.3) is 5.91 Å². The molecule has 0 unspecified atom stereocenters. The fourth-order valence-corrected chi connectivity index (χ4v) is 4.74. The SMILES string of the molecule is O=C(OCC(=O)N1CCC(Cc2ccccc2)CC1)c1cc(-c2ccc(F)cc2)nc2ccccc12. The summed E-state index contributed by atoms with van der Waals surface area (Å²) in [5, 5.41) is 0.641. The summed E-state index contributed by atoms with van der Waals surface area (Å²) in [5.41, 5.74) is 3.49. The summed E-state index contributed by atoms with van der Waals surface area (Å²) in [7, 11) is 0. The molecule has 1 saturated heterocycles. The second-order valence-corrected chi connectivity index (χ2v) is 9.17. The predicted molar refractivity (Wildman–Crippen MR) is 137 cm³/mol. The maximum Gasteiger partial charge on any atom is 0.339 e. The van der Waals surface area contributed by atoms with Crippen molar-refractivity contribution >= 4 is 22.8 Å². The summed E-state index contributed by atoms with van der Waals surface area (Å²) in [6, 6.07) is 25.2. The van der Waals surface area contributed by atoms with Crippen LogP contribution < -0.4 is 0 Å². The van der Waals surface area contributed by atoms with Gasteiger partial charge in [-0.05, 0) is 67.1 Å². The molecule has 5 rings (SSSR count). The van der Waals surface area contributed by atoms with Gasteiger partial charge in [0.15, 0.2) is 6.61 Å². The Balaban J connectivity index is 1.23. The highest BCUT2D eigenvalue weighted by molar-refractivity contribution is 6.05. The number of carbonyl (C=O) groups excluding carboxylic acids is 2. The zero-order chi connectivity index (χ0) is 24.9. The van der Waals surface area contributed by atoms with E-state index in [1.165, 1.54) is 17.7 Å². The fraction of sp³-hybridized carbons (Fsp3) is 0.233. The van der Waals surface area contributed by atoms with E-state index in [-0.39, 0.29) is 18.3 Å². The number of halogens is 1. The van der Waals surface area contributed by atoms with Crippen LogP contribution in [0.4, 0.5) is 4.39 Å². The van der Waals surface area contributed by atoms with Crippen LogP contribution in [0, 0.1) is 11.7 Å². The summed E-state index contributed by atoms with van der Waals surface area (Å²) in [4.78, 5) is 32.2. The minimum absolute atomic E-state index is 0.182. The molecule has 1 aromatic heterocycles. The van der Waals surface area contributed by atoms with Gasteiger partial charge in [-0.3, -0.25) is 4.79 Å². The van der Waals surface area contributed by atoms with Gasteiger partial charge >= 0.3 is 5.97 Å². The number of likely N-dealkylation sites (tertiary alicyclic amines) is 1. The molecule has 0 atom stereocenters. The number of hydrogen-bond donors (Lipinski definition) is 0. The number of para-hydroxylation sites is 1. The van der Waals surface area contributed by atoms with Gasteiger partial charge in [-0.15, -0.1) is 0 Å². The van der Waals surface area contributed by atoms with Crippen LogP contribution in [0.15, 0.2) is 84.9 Å². The van der Waals surface area contributed by atoms with Crippen LogP contribution in [0.5, 0.6) is 0 Å². The number of aromatic nitrogens is 1. The molecule has 1 fully saturated rings. The minimum atomic E-state index is -0.579. The molecule has 0 N–H and O–H groups in total. The molecule has 182 valence electrons. The molecule has 6 heteroatoms. The molecule has 1 aliphatic rings. The third kappa shape index (κ3) is 5.43. The maximum absolute atomic E-state index is 13.4. The molecule has 5 nitrogen and oxygen atoms in total. The van der Waals surface area contributed by atoms with Crippen molar-refractivity contribution < 1.29 is 18.7 Å². The number of fused-ring (bicyclic) bond motifs is 1. The van der Waals surface area contributed by atoms with Crippen LogP contribution in [-0.2, 0) is 16.0 Å². The van der Waals surface area contributed by atoms with Gasteiger partial charge in [-0.25, -0.2) is 14.2 Å². The second-order valence-electron chi connectivity index (χ2n) is 9.17. The number of piperidine rings is 1. The largest absolute Gasteiger partial charge is 0.452 e. The number of pyridine rings is 1. The van der Waals surface area contributed by atoms with Gasteiger partial charge in [0.05, 0.1) is 16.8 Å². The first kappa shape index (κ1) is 23.7. The van der Waals surface area contributed by atoms with Crippen LogP contribution in [0.2, 0.25) is 0 Å². The van der Waals surface area contributed by atoms with E-state index in [4.69, 9.17) is 4.74 Å². The van der Waals surface area contributed by atoms with Gasteiger partial charge in [-0.1, -0.05) is 48.5 Å². The van der Waals surface area contributed by atoms with Crippen molar-refractivity contribution in [1.82, 2.24) is 9.88 Å². The van der Waals surface area contributed by atoms with E-state index in [1.807, 2.05) is 24.3 Å². The van der Waals surface area contributed by atoms with Crippen molar-refractivity contribution in [3.63, 3.8) is 0 Å². The Labute approximate surface area is 209 Å². The first-order valence-electron chi connectivity index (χ1n) is 12.2. The van der Waals surface area contributed by atoms with Crippen molar-refractivity contribution in [3.05, 3.63) is 102 Å². The van der Waals surface area contributed by atoms with Crippen LogP contribution in [0.1, 0.15) is 28.8 Å². The number of esters is 1. The topological polar surface area (TPSA) is 59.5 Å². The van der Waals surface area contributed by atoms with E-state index in [0.29, 0.717) is 46.7 Å². The highest BCUT2D eigenvalue weighted by Crippen LogP contribution is 2.26. The quantitative estimate of drug-likeness (QED) is 0.332. The Morgan fingerprint density at radius 2 is 1.61 bits per heavy atom. The first-order valence-corrected chi connectivity index (χ1v) is 12.2. The molecular formula is C30H27FN2O3. The Morgan fingerprint density at radius 1 is 0.917 bits per heavy atom. The third-order valence-electron chi connectivity index (χ3n) is 6.74.